The second kappa shape index (κ2) is 13.3. The highest BCUT2D eigenvalue weighted by Crippen LogP contribution is 2.65. The third-order valence-corrected chi connectivity index (χ3v) is 12.0. The fourth-order valence-corrected chi connectivity index (χ4v) is 9.54. The molecule has 0 aromatic heterocycles. The van der Waals surface area contributed by atoms with Gasteiger partial charge in [-0.25, -0.2) is 0 Å². The van der Waals surface area contributed by atoms with Gasteiger partial charge >= 0.3 is 5.97 Å². The van der Waals surface area contributed by atoms with Gasteiger partial charge in [0.2, 0.25) is 5.75 Å². The predicted octanol–water partition coefficient (Wildman–Crippen LogP) is 6.20. The minimum Gasteiger partial charge on any atom is -0.493 e. The molecular formula is C40H50N2O9. The molecule has 3 aromatic rings. The zero-order valence-corrected chi connectivity index (χ0v) is 31.3. The summed E-state index contributed by atoms with van der Waals surface area (Å²) in [6, 6.07) is 12.9. The predicted molar refractivity (Wildman–Crippen MR) is 191 cm³/mol. The Morgan fingerprint density at radius 3 is 1.92 bits per heavy atom. The number of hydrogen-bond acceptors (Lipinski definition) is 11. The van der Waals surface area contributed by atoms with Gasteiger partial charge in [-0.05, 0) is 96.8 Å². The van der Waals surface area contributed by atoms with Crippen LogP contribution in [0.25, 0.3) is 0 Å². The van der Waals surface area contributed by atoms with Gasteiger partial charge in [-0.2, -0.15) is 0 Å². The average molecular weight is 703 g/mol. The van der Waals surface area contributed by atoms with E-state index in [2.05, 4.69) is 47.9 Å². The molecule has 11 nitrogen and oxygen atoms in total. The van der Waals surface area contributed by atoms with Crippen molar-refractivity contribution in [2.75, 3.05) is 56.4 Å². The molecule has 2 saturated heterocycles. The van der Waals surface area contributed by atoms with Crippen LogP contribution in [0.1, 0.15) is 79.4 Å². The highest BCUT2D eigenvalue weighted by Gasteiger charge is 2.66. The van der Waals surface area contributed by atoms with E-state index in [4.69, 9.17) is 37.9 Å². The minimum absolute atomic E-state index is 0.0899. The van der Waals surface area contributed by atoms with Crippen LogP contribution < -0.4 is 33.2 Å². The number of methoxy groups -OCH3 is 7. The van der Waals surface area contributed by atoms with Crippen LogP contribution in [0.3, 0.4) is 0 Å². The number of benzene rings is 3. The molecule has 7 atom stereocenters. The summed E-state index contributed by atoms with van der Waals surface area (Å²) in [5.74, 6) is 4.02. The molecule has 0 saturated carbocycles. The summed E-state index contributed by atoms with van der Waals surface area (Å²) in [6.07, 6.45) is 2.02. The van der Waals surface area contributed by atoms with Crippen molar-refractivity contribution >= 4 is 5.97 Å². The molecule has 3 unspecified atom stereocenters. The monoisotopic (exact) mass is 702 g/mol. The smallest absolute Gasteiger partial charge is 0.306 e. The van der Waals surface area contributed by atoms with E-state index in [1.165, 1.54) is 16.7 Å². The highest BCUT2D eigenvalue weighted by molar-refractivity contribution is 5.71. The summed E-state index contributed by atoms with van der Waals surface area (Å²) < 4.78 is 46.0. The first kappa shape index (κ1) is 35.1. The van der Waals surface area contributed by atoms with Gasteiger partial charge in [0.05, 0.1) is 68.3 Å². The van der Waals surface area contributed by atoms with Crippen molar-refractivity contribution < 1.29 is 42.7 Å². The molecule has 0 radical (unpaired) electrons. The van der Waals surface area contributed by atoms with Crippen LogP contribution in [-0.2, 0) is 21.5 Å². The Hall–Kier alpha value is -4.35. The number of nitrogens with zero attached hydrogens (tertiary/aromatic N) is 2. The summed E-state index contributed by atoms with van der Waals surface area (Å²) in [4.78, 5) is 19.0. The molecule has 4 heterocycles. The van der Waals surface area contributed by atoms with Crippen LogP contribution in [0.5, 0.6) is 40.2 Å². The van der Waals surface area contributed by atoms with Crippen LogP contribution in [-0.4, -0.2) is 90.3 Å². The third kappa shape index (κ3) is 5.34. The van der Waals surface area contributed by atoms with E-state index in [0.717, 1.165) is 35.5 Å². The van der Waals surface area contributed by atoms with Crippen molar-refractivity contribution in [3.8, 4) is 40.2 Å². The van der Waals surface area contributed by atoms with Gasteiger partial charge in [-0.3, -0.25) is 14.6 Å². The lowest BCUT2D eigenvalue weighted by Crippen LogP contribution is -2.74. The van der Waals surface area contributed by atoms with Crippen molar-refractivity contribution in [3.05, 3.63) is 64.2 Å². The topological polar surface area (TPSA) is 97.4 Å². The number of hydrogen-bond donors (Lipinski definition) is 0. The molecule has 4 aliphatic rings. The number of ether oxygens (including phenoxy) is 8. The van der Waals surface area contributed by atoms with Gasteiger partial charge in [-0.1, -0.05) is 6.92 Å². The first-order valence-electron chi connectivity index (χ1n) is 17.6. The van der Waals surface area contributed by atoms with E-state index in [9.17, 15) is 4.79 Å². The summed E-state index contributed by atoms with van der Waals surface area (Å²) in [5, 5.41) is 0. The Labute approximate surface area is 300 Å². The Bertz CT molecular complexity index is 1800. The number of rotatable bonds is 12. The van der Waals surface area contributed by atoms with E-state index in [-0.39, 0.29) is 54.6 Å². The van der Waals surface area contributed by atoms with Gasteiger partial charge in [-0.15, -0.1) is 0 Å². The molecule has 51 heavy (non-hydrogen) atoms. The lowest BCUT2D eigenvalue weighted by molar-refractivity contribution is -0.193. The normalized spacial score (nSPS) is 26.4. The Morgan fingerprint density at radius 2 is 1.33 bits per heavy atom. The fraction of sp³-hybridized carbons (Fsp3) is 0.525. The molecule has 2 fully saturated rings. The second-order valence-electron chi connectivity index (χ2n) is 14.3. The van der Waals surface area contributed by atoms with Crippen LogP contribution >= 0.6 is 0 Å². The first-order chi connectivity index (χ1) is 24.6. The summed E-state index contributed by atoms with van der Waals surface area (Å²) in [5.41, 5.74) is 5.65. The molecule has 0 bridgehead atoms. The molecule has 7 rings (SSSR count). The minimum atomic E-state index is -0.272. The molecule has 11 heteroatoms. The van der Waals surface area contributed by atoms with Crippen LogP contribution in [0, 0.1) is 0 Å². The molecule has 0 amide bonds. The first-order valence-corrected chi connectivity index (χ1v) is 17.6. The van der Waals surface area contributed by atoms with Crippen LogP contribution in [0.4, 0.5) is 0 Å². The maximum absolute atomic E-state index is 13.7. The van der Waals surface area contributed by atoms with Crippen LogP contribution in [0.2, 0.25) is 0 Å². The SMILES string of the molecule is COc1cc2c(cc1OC)[C@H](COC(=O)CC(C)c1cc(OC)c(OC)c(OC)c1)N1[C@@H](C2)C2c3cc(OC)c(OC)cc3C3(C)C[C@@H]([C@@H]1C)N23. The highest BCUT2D eigenvalue weighted by atomic mass is 16.5. The standard InChI is InChI=1S/C40H50N2O9/c1-21(23-13-35(48-8)39(50-10)36(14-23)49-9)11-37(43)51-20-30-25-16-32(45-5)31(44-4)15-24(25)12-28-38-26-17-33(46-6)34(47-7)18-27(26)40(3)19-29(42(38)40)22(2)41(28)30/h13-18,21-22,28-30,38H,11-12,19-20H2,1-10H3/t21?,22-,28-,29-,30-,38?,40?/m0/s1. The zero-order valence-electron chi connectivity index (χ0n) is 31.3. The van der Waals surface area contributed by atoms with Crippen molar-refractivity contribution in [2.45, 2.75) is 81.7 Å². The molecule has 4 aliphatic heterocycles. The van der Waals surface area contributed by atoms with Gasteiger partial charge < -0.3 is 37.9 Å². The van der Waals surface area contributed by atoms with Crippen LogP contribution in [0.15, 0.2) is 36.4 Å². The van der Waals surface area contributed by atoms with E-state index in [1.807, 2.05) is 19.1 Å². The molecule has 0 N–H and O–H groups in total. The summed E-state index contributed by atoms with van der Waals surface area (Å²) in [6.45, 7) is 6.89. The van der Waals surface area contributed by atoms with E-state index in [0.29, 0.717) is 34.8 Å². The quantitative estimate of drug-likeness (QED) is 0.202. The molecular weight excluding hydrogens is 652 g/mol. The summed E-state index contributed by atoms with van der Waals surface area (Å²) in [7, 11) is 11.5. The van der Waals surface area contributed by atoms with E-state index in [1.54, 1.807) is 49.8 Å². The summed E-state index contributed by atoms with van der Waals surface area (Å²) >= 11 is 0. The molecule has 0 spiro atoms. The van der Waals surface area contributed by atoms with Crippen molar-refractivity contribution in [3.63, 3.8) is 0 Å². The fourth-order valence-electron chi connectivity index (χ4n) is 9.54. The van der Waals surface area contributed by atoms with Crippen molar-refractivity contribution in [1.82, 2.24) is 9.80 Å². The maximum atomic E-state index is 13.7. The Kier molecular flexibility index (Phi) is 9.16. The number of carbonyl (C=O) groups is 1. The van der Waals surface area contributed by atoms with E-state index >= 15 is 0 Å². The zero-order chi connectivity index (χ0) is 36.4. The Balaban J connectivity index is 1.22. The number of piperazine rings is 1. The number of fused-ring (bicyclic) bond motifs is 6. The molecule has 0 aliphatic carbocycles. The largest absolute Gasteiger partial charge is 0.493 e. The Morgan fingerprint density at radius 1 is 0.765 bits per heavy atom. The van der Waals surface area contributed by atoms with Gasteiger partial charge in [0.1, 0.15) is 6.61 Å². The van der Waals surface area contributed by atoms with Gasteiger partial charge in [0.15, 0.2) is 34.5 Å². The number of carbonyl (C=O) groups excluding carboxylic acids is 1. The lowest BCUT2D eigenvalue weighted by Gasteiger charge is -2.66. The van der Waals surface area contributed by atoms with Gasteiger partial charge in [0.25, 0.3) is 0 Å². The van der Waals surface area contributed by atoms with Crippen molar-refractivity contribution in [1.29, 1.82) is 0 Å². The maximum Gasteiger partial charge on any atom is 0.306 e. The van der Waals surface area contributed by atoms with Gasteiger partial charge in [0, 0.05) is 23.7 Å². The lowest BCUT2D eigenvalue weighted by atomic mass is 9.71. The third-order valence-electron chi connectivity index (χ3n) is 12.0. The van der Waals surface area contributed by atoms with Crippen molar-refractivity contribution in [2.24, 2.45) is 0 Å². The number of esters is 1. The van der Waals surface area contributed by atoms with E-state index < -0.39 is 0 Å². The average Bonchev–Trinajstić information content (AvgIpc) is 3.34. The second-order valence-corrected chi connectivity index (χ2v) is 14.3. The molecule has 3 aromatic carbocycles. The molecule has 274 valence electrons.